The summed E-state index contributed by atoms with van der Waals surface area (Å²) in [5, 5.41) is 14.2. The van der Waals surface area contributed by atoms with E-state index in [-0.39, 0.29) is 60.0 Å². The molecule has 16 heteroatoms. The number of H-pyrrole nitrogens is 1. The van der Waals surface area contributed by atoms with Crippen LogP contribution in [0.1, 0.15) is 112 Å². The predicted octanol–water partition coefficient (Wildman–Crippen LogP) is 10.3. The summed E-state index contributed by atoms with van der Waals surface area (Å²) in [7, 11) is -2.46. The van der Waals surface area contributed by atoms with Gasteiger partial charge in [-0.15, -0.1) is 0 Å². The van der Waals surface area contributed by atoms with E-state index in [0.717, 1.165) is 43.6 Å². The normalized spacial score (nSPS) is 18.0. The Balaban J connectivity index is 0.950. The molecule has 5 aromatic rings. The Bertz CT molecular complexity index is 2610. The van der Waals surface area contributed by atoms with Gasteiger partial charge in [-0.1, -0.05) is 69.3 Å². The first-order valence-corrected chi connectivity index (χ1v) is 26.9. The number of carbonyl (C=O) groups excluding carboxylic acids is 3. The van der Waals surface area contributed by atoms with Crippen LogP contribution in [0.15, 0.2) is 100 Å². The van der Waals surface area contributed by atoms with E-state index in [1.165, 1.54) is 12.1 Å². The molecule has 3 fully saturated rings. The molecule has 8 rings (SSSR count). The highest BCUT2D eigenvalue weighted by molar-refractivity contribution is 6.74. The molecular formula is C53H68N4O11Si. The highest BCUT2D eigenvalue weighted by atomic mass is 28.4. The average Bonchev–Trinajstić information content (AvgIpc) is 3.79. The topological polar surface area (TPSA) is 182 Å². The van der Waals surface area contributed by atoms with Crippen molar-refractivity contribution in [2.75, 3.05) is 39.3 Å². The zero-order chi connectivity index (χ0) is 49.5. The maximum atomic E-state index is 13.8. The minimum Gasteiger partial charge on any atom is -0.506 e. The maximum absolute atomic E-state index is 13.8. The minimum absolute atomic E-state index is 0.0284. The maximum Gasteiger partial charge on any atom is 0.410 e. The number of pyridine rings is 1. The number of aromatic amines is 1. The quantitative estimate of drug-likeness (QED) is 0.0328. The molecule has 5 heterocycles. The highest BCUT2D eigenvalue weighted by Crippen LogP contribution is 2.42. The van der Waals surface area contributed by atoms with E-state index in [1.54, 1.807) is 49.9 Å². The Morgan fingerprint density at radius 3 is 2.35 bits per heavy atom. The molecule has 15 nitrogen and oxygen atoms in total. The van der Waals surface area contributed by atoms with Crippen LogP contribution >= 0.6 is 0 Å². The number of phenols is 1. The molecule has 0 spiro atoms. The summed E-state index contributed by atoms with van der Waals surface area (Å²) >= 11 is 0. The molecule has 3 N–H and O–H groups in total. The molecule has 370 valence electrons. The number of nitrogens with one attached hydrogen (secondary N) is 2. The summed E-state index contributed by atoms with van der Waals surface area (Å²) in [4.78, 5) is 59.2. The molecule has 0 unspecified atom stereocenters. The molecular weight excluding hydrogens is 897 g/mol. The summed E-state index contributed by atoms with van der Waals surface area (Å²) in [5.74, 6) is 0.685. The van der Waals surface area contributed by atoms with E-state index in [1.807, 2.05) is 54.6 Å². The molecule has 3 aliphatic rings. The van der Waals surface area contributed by atoms with Crippen molar-refractivity contribution in [3.8, 4) is 11.5 Å². The van der Waals surface area contributed by atoms with Crippen LogP contribution in [-0.4, -0.2) is 97.4 Å². The molecule has 0 saturated carbocycles. The SMILES string of the molecule is CC(C)(C)OC(=O)N(CCCCOC(=O)c1ccc(COc2cccc([C@@H](NC(=O)O[C@H]3CN4CCC3CC4)c3ccccc3)c2)o1)C[C@H](O[Si](C)(C)C(C)(C)C)c1ccc(O)c2[nH]c(=O)ccc12. The number of aromatic hydroxyl groups is 1. The fraction of sp³-hybridized carbons (Fsp3) is 0.472. The van der Waals surface area contributed by atoms with Crippen molar-refractivity contribution in [1.82, 2.24) is 20.1 Å². The molecule has 2 amide bonds. The Kier molecular flexibility index (Phi) is 16.0. The number of fused-ring (bicyclic) bond motifs is 4. The van der Waals surface area contributed by atoms with Crippen molar-refractivity contribution in [2.24, 2.45) is 5.92 Å². The lowest BCUT2D eigenvalue weighted by molar-refractivity contribution is -0.0336. The fourth-order valence-corrected chi connectivity index (χ4v) is 9.80. The fourth-order valence-electron chi connectivity index (χ4n) is 8.54. The van der Waals surface area contributed by atoms with Crippen LogP contribution < -0.4 is 15.6 Å². The van der Waals surface area contributed by atoms with Gasteiger partial charge in [-0.2, -0.15) is 0 Å². The molecule has 0 radical (unpaired) electrons. The summed E-state index contributed by atoms with van der Waals surface area (Å²) < 4.78 is 36.4. The lowest BCUT2D eigenvalue weighted by Crippen LogP contribution is -2.52. The van der Waals surface area contributed by atoms with Gasteiger partial charge in [0.15, 0.2) is 8.32 Å². The number of amides is 2. The van der Waals surface area contributed by atoms with Gasteiger partial charge in [0.05, 0.1) is 30.8 Å². The first-order chi connectivity index (χ1) is 32.7. The van der Waals surface area contributed by atoms with Crippen LogP contribution in [0.3, 0.4) is 0 Å². The number of carbonyl (C=O) groups is 3. The molecule has 3 aliphatic heterocycles. The van der Waals surface area contributed by atoms with Gasteiger partial charge >= 0.3 is 18.2 Å². The second-order valence-corrected chi connectivity index (χ2v) is 25.4. The monoisotopic (exact) mass is 964 g/mol. The molecule has 0 aliphatic carbocycles. The minimum atomic E-state index is -2.46. The van der Waals surface area contributed by atoms with Gasteiger partial charge in [0.2, 0.25) is 11.3 Å². The van der Waals surface area contributed by atoms with E-state index < -0.39 is 44.2 Å². The number of hydrogen-bond donors (Lipinski definition) is 3. The Morgan fingerprint density at radius 1 is 0.913 bits per heavy atom. The summed E-state index contributed by atoms with van der Waals surface area (Å²) in [6.45, 7) is 19.5. The van der Waals surface area contributed by atoms with Gasteiger partial charge in [-0.05, 0) is 137 Å². The van der Waals surface area contributed by atoms with E-state index in [9.17, 15) is 24.3 Å². The number of ether oxygens (including phenoxy) is 4. The van der Waals surface area contributed by atoms with Gasteiger partial charge < -0.3 is 48.1 Å². The van der Waals surface area contributed by atoms with Crippen LogP contribution in [0.25, 0.3) is 10.9 Å². The van der Waals surface area contributed by atoms with Gasteiger partial charge in [0, 0.05) is 24.5 Å². The van der Waals surface area contributed by atoms with Crippen molar-refractivity contribution < 1.29 is 47.3 Å². The van der Waals surface area contributed by atoms with Gasteiger partial charge in [0.1, 0.15) is 35.6 Å². The average molecular weight is 965 g/mol. The van der Waals surface area contributed by atoms with E-state index in [2.05, 4.69) is 49.1 Å². The third kappa shape index (κ3) is 13.4. The molecule has 2 aromatic heterocycles. The van der Waals surface area contributed by atoms with E-state index in [4.69, 9.17) is 27.8 Å². The summed E-state index contributed by atoms with van der Waals surface area (Å²) in [5.41, 5.74) is 1.59. The van der Waals surface area contributed by atoms with E-state index >= 15 is 0 Å². The number of furan rings is 1. The number of aromatic nitrogens is 1. The number of nitrogens with zero attached hydrogens (tertiary/aromatic N) is 2. The van der Waals surface area contributed by atoms with Crippen LogP contribution in [0.5, 0.6) is 11.5 Å². The Hall–Kier alpha value is -6.10. The number of piperidine rings is 3. The molecule has 3 atom stereocenters. The zero-order valence-corrected chi connectivity index (χ0v) is 42.2. The number of rotatable bonds is 18. The first kappa shape index (κ1) is 50.8. The largest absolute Gasteiger partial charge is 0.506 e. The van der Waals surface area contributed by atoms with Crippen molar-refractivity contribution in [3.05, 3.63) is 130 Å². The summed E-state index contributed by atoms with van der Waals surface area (Å²) in [6, 6.07) is 26.3. The van der Waals surface area contributed by atoms with Crippen LogP contribution in [0.4, 0.5) is 9.59 Å². The third-order valence-corrected chi connectivity index (χ3v) is 17.8. The van der Waals surface area contributed by atoms with Crippen molar-refractivity contribution in [2.45, 2.75) is 116 Å². The number of benzene rings is 3. The third-order valence-electron chi connectivity index (χ3n) is 13.3. The van der Waals surface area contributed by atoms with Gasteiger partial charge in [-0.25, -0.2) is 14.4 Å². The molecule has 3 aromatic carbocycles. The molecule has 2 bridgehead atoms. The molecule has 3 saturated heterocycles. The number of unbranched alkanes of at least 4 members (excludes halogenated alkanes) is 1. The Labute approximate surface area is 405 Å². The second-order valence-electron chi connectivity index (χ2n) is 20.6. The van der Waals surface area contributed by atoms with Crippen LogP contribution in [0.2, 0.25) is 18.1 Å². The standard InChI is InChI=1S/C53H68N4O11Si/c1-52(2,3)67-51(62)57(33-45(68-69(7,8)53(4,5)6)40-20-22-42(58)48-41(40)21-24-46(59)54-48)27-12-13-30-63-49(60)43-23-19-39(65-43)34-64-38-18-14-17-37(31-38)47(36-15-10-9-11-16-36)55-50(61)66-44-32-56-28-25-35(44)26-29-56/h9-11,14-24,31,35,44-45,47,58H,12-13,25-30,32-34H2,1-8H3,(H,54,59)(H,55,61)/t44-,45-,47-/m0/s1. The Morgan fingerprint density at radius 2 is 1.65 bits per heavy atom. The van der Waals surface area contributed by atoms with Crippen molar-refractivity contribution in [1.29, 1.82) is 0 Å². The number of esters is 1. The lowest BCUT2D eigenvalue weighted by atomic mass is 9.86. The van der Waals surface area contributed by atoms with Crippen molar-refractivity contribution >= 4 is 37.4 Å². The van der Waals surface area contributed by atoms with Crippen LogP contribution in [0, 0.1) is 5.92 Å². The van der Waals surface area contributed by atoms with E-state index in [0.29, 0.717) is 41.2 Å². The lowest BCUT2D eigenvalue weighted by Gasteiger charge is -2.43. The number of alkyl carbamates (subject to hydrolysis) is 1. The predicted molar refractivity (Wildman–Crippen MR) is 265 cm³/mol. The number of hydrogen-bond acceptors (Lipinski definition) is 12. The molecule has 69 heavy (non-hydrogen) atoms. The van der Waals surface area contributed by atoms with Gasteiger partial charge in [-0.3, -0.25) is 9.69 Å². The summed E-state index contributed by atoms with van der Waals surface area (Å²) in [6.07, 6.45) is 1.26. The highest BCUT2D eigenvalue weighted by Gasteiger charge is 2.41. The van der Waals surface area contributed by atoms with Crippen LogP contribution in [-0.2, 0) is 25.2 Å². The second kappa shape index (κ2) is 21.7. The first-order valence-electron chi connectivity index (χ1n) is 24.0. The van der Waals surface area contributed by atoms with Crippen molar-refractivity contribution in [3.63, 3.8) is 0 Å². The number of phenolic OH excluding ortho intramolecular Hbond substituents is 1. The van der Waals surface area contributed by atoms with Gasteiger partial charge in [0.25, 0.3) is 0 Å². The zero-order valence-electron chi connectivity index (χ0n) is 41.2. The smallest absolute Gasteiger partial charge is 0.410 e.